The summed E-state index contributed by atoms with van der Waals surface area (Å²) in [7, 11) is 1.26. The lowest BCUT2D eigenvalue weighted by Crippen LogP contribution is -2.63. The monoisotopic (exact) mass is 392 g/mol. The molecule has 1 aliphatic heterocycles. The molecule has 1 aliphatic rings. The van der Waals surface area contributed by atoms with Crippen molar-refractivity contribution in [2.45, 2.75) is 32.9 Å². The van der Waals surface area contributed by atoms with Crippen LogP contribution in [-0.2, 0) is 25.7 Å². The van der Waals surface area contributed by atoms with E-state index in [1.54, 1.807) is 0 Å². The van der Waals surface area contributed by atoms with Crippen LogP contribution in [0.2, 0.25) is 0 Å². The predicted octanol–water partition coefficient (Wildman–Crippen LogP) is 1.89. The molecular weight excluding hydrogens is 364 g/mol. The number of likely N-dealkylation sites (tertiary alicyclic amines) is 1. The smallest absolute Gasteiger partial charge is 0.409 e. The van der Waals surface area contributed by atoms with Crippen LogP contribution < -0.4 is 5.32 Å². The molecule has 0 spiro atoms. The van der Waals surface area contributed by atoms with Gasteiger partial charge in [-0.05, 0) is 24.4 Å². The Balaban J connectivity index is 1.86. The van der Waals surface area contributed by atoms with Crippen molar-refractivity contribution in [3.05, 3.63) is 35.9 Å². The van der Waals surface area contributed by atoms with E-state index in [1.165, 1.54) is 12.0 Å². The molecule has 1 atom stereocenters. The van der Waals surface area contributed by atoms with Crippen molar-refractivity contribution in [2.75, 3.05) is 26.7 Å². The fourth-order valence-electron chi connectivity index (χ4n) is 3.22. The molecule has 1 fully saturated rings. The van der Waals surface area contributed by atoms with E-state index < -0.39 is 23.5 Å². The predicted molar refractivity (Wildman–Crippen MR) is 102 cm³/mol. The van der Waals surface area contributed by atoms with Crippen molar-refractivity contribution >= 4 is 18.0 Å². The Kier molecular flexibility index (Phi) is 7.39. The Hall–Kier alpha value is -2.61. The molecule has 2 N–H and O–H groups in total. The summed E-state index contributed by atoms with van der Waals surface area (Å²) in [5.74, 6) is -1.34. The first kappa shape index (κ1) is 21.7. The quantitative estimate of drug-likeness (QED) is 0.618. The second-order valence-electron chi connectivity index (χ2n) is 7.43. The molecular formula is C20H28N2O6. The second kappa shape index (κ2) is 9.54. The third-order valence-corrected chi connectivity index (χ3v) is 4.99. The van der Waals surface area contributed by atoms with Crippen molar-refractivity contribution in [1.29, 1.82) is 0 Å². The molecule has 0 bridgehead atoms. The number of hydrogen-bond donors (Lipinski definition) is 2. The molecule has 8 nitrogen and oxygen atoms in total. The summed E-state index contributed by atoms with van der Waals surface area (Å²) < 4.78 is 10.0. The number of carbonyl (C=O) groups is 3. The summed E-state index contributed by atoms with van der Waals surface area (Å²) in [6.07, 6.45) is -0.236. The maximum absolute atomic E-state index is 12.4. The SMILES string of the molecule is COC(=O)N1CC(CCN[C@H](C(=O)OCc2ccccc2)C(C)C)(C(=O)O)C1. The second-order valence-corrected chi connectivity index (χ2v) is 7.43. The normalized spacial score (nSPS) is 16.2. The molecule has 2 rings (SSSR count). The fourth-order valence-corrected chi connectivity index (χ4v) is 3.22. The Morgan fingerprint density at radius 1 is 1.21 bits per heavy atom. The van der Waals surface area contributed by atoms with E-state index in [-0.39, 0.29) is 31.6 Å². The molecule has 1 aromatic carbocycles. The van der Waals surface area contributed by atoms with E-state index in [0.717, 1.165) is 5.56 Å². The van der Waals surface area contributed by atoms with Crippen molar-refractivity contribution in [3.8, 4) is 0 Å². The molecule has 1 amide bonds. The first-order valence-electron chi connectivity index (χ1n) is 9.29. The zero-order chi connectivity index (χ0) is 20.7. The average molecular weight is 392 g/mol. The number of nitrogens with zero attached hydrogens (tertiary/aromatic N) is 1. The first-order valence-corrected chi connectivity index (χ1v) is 9.29. The van der Waals surface area contributed by atoms with Crippen LogP contribution in [0.15, 0.2) is 30.3 Å². The minimum atomic E-state index is -1.02. The summed E-state index contributed by atoms with van der Waals surface area (Å²) >= 11 is 0. The van der Waals surface area contributed by atoms with Crippen molar-refractivity contribution in [2.24, 2.45) is 11.3 Å². The number of carbonyl (C=O) groups excluding carboxylic acids is 2. The summed E-state index contributed by atoms with van der Waals surface area (Å²) in [6.45, 7) is 4.51. The zero-order valence-electron chi connectivity index (χ0n) is 16.5. The Labute approximate surface area is 164 Å². The number of methoxy groups -OCH3 is 1. The van der Waals surface area contributed by atoms with Crippen LogP contribution in [0, 0.1) is 11.3 Å². The molecule has 1 aromatic rings. The highest BCUT2D eigenvalue weighted by atomic mass is 16.5. The molecule has 0 aromatic heterocycles. The number of esters is 1. The summed E-state index contributed by atoms with van der Waals surface area (Å²) in [6, 6.07) is 8.87. The van der Waals surface area contributed by atoms with Crippen LogP contribution >= 0.6 is 0 Å². The van der Waals surface area contributed by atoms with Gasteiger partial charge in [-0.2, -0.15) is 0 Å². The topological polar surface area (TPSA) is 105 Å². The van der Waals surface area contributed by atoms with Gasteiger partial charge in [-0.25, -0.2) is 4.79 Å². The van der Waals surface area contributed by atoms with Gasteiger partial charge in [-0.15, -0.1) is 0 Å². The Morgan fingerprint density at radius 2 is 1.86 bits per heavy atom. The van der Waals surface area contributed by atoms with E-state index in [0.29, 0.717) is 13.0 Å². The fraction of sp³-hybridized carbons (Fsp3) is 0.550. The van der Waals surface area contributed by atoms with E-state index in [1.807, 2.05) is 44.2 Å². The first-order chi connectivity index (χ1) is 13.3. The number of amides is 1. The maximum atomic E-state index is 12.4. The lowest BCUT2D eigenvalue weighted by atomic mass is 9.77. The number of benzene rings is 1. The number of ether oxygens (including phenoxy) is 2. The molecule has 0 saturated carbocycles. The van der Waals surface area contributed by atoms with Crippen molar-refractivity contribution in [1.82, 2.24) is 10.2 Å². The van der Waals surface area contributed by atoms with Gasteiger partial charge in [0.25, 0.3) is 0 Å². The van der Waals surface area contributed by atoms with Gasteiger partial charge in [0.05, 0.1) is 7.11 Å². The summed E-state index contributed by atoms with van der Waals surface area (Å²) in [5, 5.41) is 12.7. The number of hydrogen-bond acceptors (Lipinski definition) is 6. The minimum absolute atomic E-state index is 0.0167. The van der Waals surface area contributed by atoms with Crippen LogP contribution in [0.1, 0.15) is 25.8 Å². The average Bonchev–Trinajstić information content (AvgIpc) is 2.64. The van der Waals surface area contributed by atoms with Gasteiger partial charge in [0.15, 0.2) is 0 Å². The highest BCUT2D eigenvalue weighted by Crippen LogP contribution is 2.34. The van der Waals surface area contributed by atoms with Gasteiger partial charge in [-0.3, -0.25) is 9.59 Å². The maximum Gasteiger partial charge on any atom is 0.409 e. The van der Waals surface area contributed by atoms with Crippen LogP contribution in [0.25, 0.3) is 0 Å². The molecule has 0 unspecified atom stereocenters. The largest absolute Gasteiger partial charge is 0.481 e. The minimum Gasteiger partial charge on any atom is -0.481 e. The van der Waals surface area contributed by atoms with E-state index in [2.05, 4.69) is 10.1 Å². The molecule has 8 heteroatoms. The van der Waals surface area contributed by atoms with Gasteiger partial charge in [-0.1, -0.05) is 44.2 Å². The van der Waals surface area contributed by atoms with Crippen molar-refractivity contribution in [3.63, 3.8) is 0 Å². The van der Waals surface area contributed by atoms with Crippen molar-refractivity contribution < 1.29 is 29.0 Å². The molecule has 28 heavy (non-hydrogen) atoms. The number of carboxylic acid groups (broad SMARTS) is 1. The highest BCUT2D eigenvalue weighted by Gasteiger charge is 2.51. The standard InChI is InChI=1S/C20H28N2O6/c1-14(2)16(17(23)28-11-15-7-5-4-6-8-15)21-10-9-20(18(24)25)12-22(13-20)19(26)27-3/h4-8,14,16,21H,9-13H2,1-3H3,(H,24,25)/t16-/m0/s1. The molecule has 154 valence electrons. The Bertz CT molecular complexity index is 685. The number of aliphatic carboxylic acids is 1. The summed E-state index contributed by atoms with van der Waals surface area (Å²) in [5.41, 5.74) is -0.114. The van der Waals surface area contributed by atoms with Crippen LogP contribution in [0.3, 0.4) is 0 Å². The van der Waals surface area contributed by atoms with E-state index in [4.69, 9.17) is 4.74 Å². The number of nitrogens with one attached hydrogen (secondary N) is 1. The van der Waals surface area contributed by atoms with E-state index >= 15 is 0 Å². The van der Waals surface area contributed by atoms with Gasteiger partial charge in [0, 0.05) is 13.1 Å². The third-order valence-electron chi connectivity index (χ3n) is 4.99. The number of carboxylic acids is 1. The lowest BCUT2D eigenvalue weighted by Gasteiger charge is -2.46. The van der Waals surface area contributed by atoms with Gasteiger partial charge in [0.1, 0.15) is 18.1 Å². The summed E-state index contributed by atoms with van der Waals surface area (Å²) in [4.78, 5) is 36.9. The molecule has 1 saturated heterocycles. The molecule has 1 heterocycles. The highest BCUT2D eigenvalue weighted by molar-refractivity contribution is 5.80. The van der Waals surface area contributed by atoms with Crippen LogP contribution in [0.5, 0.6) is 0 Å². The van der Waals surface area contributed by atoms with Crippen LogP contribution in [0.4, 0.5) is 4.79 Å². The van der Waals surface area contributed by atoms with Crippen LogP contribution in [-0.4, -0.2) is 60.8 Å². The van der Waals surface area contributed by atoms with E-state index in [9.17, 15) is 19.5 Å². The Morgan fingerprint density at radius 3 is 2.39 bits per heavy atom. The lowest BCUT2D eigenvalue weighted by molar-refractivity contribution is -0.159. The molecule has 0 radical (unpaired) electrons. The third kappa shape index (κ3) is 5.22. The van der Waals surface area contributed by atoms with Gasteiger partial charge < -0.3 is 24.8 Å². The van der Waals surface area contributed by atoms with Gasteiger partial charge in [0.2, 0.25) is 0 Å². The molecule has 0 aliphatic carbocycles. The van der Waals surface area contributed by atoms with Gasteiger partial charge >= 0.3 is 18.0 Å². The zero-order valence-corrected chi connectivity index (χ0v) is 16.5. The number of rotatable bonds is 9.